The lowest BCUT2D eigenvalue weighted by Gasteiger charge is -2.06. The Morgan fingerprint density at radius 2 is 2.07 bits per heavy atom. The number of thiazole rings is 1. The molecule has 150 valence electrons. The van der Waals surface area contributed by atoms with Gasteiger partial charge in [0.2, 0.25) is 0 Å². The summed E-state index contributed by atoms with van der Waals surface area (Å²) < 4.78 is 1.05. The molecule has 30 heavy (non-hydrogen) atoms. The molecule has 5 aromatic rings. The second-order valence-electron chi connectivity index (χ2n) is 6.38. The molecule has 0 saturated carbocycles. The van der Waals surface area contributed by atoms with E-state index in [0.29, 0.717) is 17.4 Å². The fraction of sp³-hybridized carbons (Fsp3) is 0.105. The van der Waals surface area contributed by atoms with Crippen molar-refractivity contribution in [3.05, 3.63) is 53.2 Å². The van der Waals surface area contributed by atoms with Gasteiger partial charge in [0.15, 0.2) is 5.13 Å². The Hall–Kier alpha value is -3.57. The molecule has 5 rings (SSSR count). The maximum absolute atomic E-state index is 12.3. The minimum absolute atomic E-state index is 0.344. The fourth-order valence-corrected chi connectivity index (χ4v) is 4.65. The van der Waals surface area contributed by atoms with Crippen molar-refractivity contribution < 1.29 is 4.79 Å². The number of benzene rings is 1. The van der Waals surface area contributed by atoms with Crippen molar-refractivity contribution in [2.75, 3.05) is 22.5 Å². The smallest absolute Gasteiger partial charge is 0.325 e. The average Bonchev–Trinajstić information content (AvgIpc) is 3.49. The van der Waals surface area contributed by atoms with Crippen molar-refractivity contribution in [3.63, 3.8) is 0 Å². The van der Waals surface area contributed by atoms with Crippen LogP contribution in [-0.4, -0.2) is 37.7 Å². The third-order valence-corrected chi connectivity index (χ3v) is 6.30. The normalized spacial score (nSPS) is 11.1. The third kappa shape index (κ3) is 3.80. The molecule has 0 aliphatic heterocycles. The zero-order chi connectivity index (χ0) is 20.3. The summed E-state index contributed by atoms with van der Waals surface area (Å²) in [6.07, 6.45) is 5.79. The van der Waals surface area contributed by atoms with Crippen LogP contribution in [0.15, 0.2) is 48.4 Å². The maximum atomic E-state index is 12.3. The number of carbonyl (C=O) groups is 1. The minimum atomic E-state index is -0.344. The highest BCUT2D eigenvalue weighted by Gasteiger charge is 2.10. The number of rotatable bonds is 6. The van der Waals surface area contributed by atoms with Crippen molar-refractivity contribution >= 4 is 66.5 Å². The molecule has 11 heteroatoms. The van der Waals surface area contributed by atoms with Gasteiger partial charge >= 0.3 is 6.03 Å². The third-order valence-electron chi connectivity index (χ3n) is 4.41. The fourth-order valence-electron chi connectivity index (χ4n) is 3.03. The molecule has 0 unspecified atom stereocenters. The van der Waals surface area contributed by atoms with Crippen LogP contribution in [0.1, 0.15) is 4.88 Å². The van der Waals surface area contributed by atoms with Gasteiger partial charge in [0.05, 0.1) is 27.6 Å². The molecule has 4 heterocycles. The van der Waals surface area contributed by atoms with E-state index in [-0.39, 0.29) is 6.03 Å². The van der Waals surface area contributed by atoms with Crippen LogP contribution in [0.25, 0.3) is 21.1 Å². The summed E-state index contributed by atoms with van der Waals surface area (Å²) in [5, 5.41) is 19.3. The topological polar surface area (TPSA) is 121 Å². The number of carbonyl (C=O) groups excluding carboxylic acids is 1. The van der Waals surface area contributed by atoms with E-state index in [1.54, 1.807) is 30.1 Å². The number of amides is 2. The molecule has 0 atom stereocenters. The van der Waals surface area contributed by atoms with Crippen molar-refractivity contribution in [1.82, 2.24) is 25.1 Å². The van der Waals surface area contributed by atoms with Gasteiger partial charge in [0.25, 0.3) is 0 Å². The van der Waals surface area contributed by atoms with E-state index >= 15 is 0 Å². The highest BCUT2D eigenvalue weighted by molar-refractivity contribution is 7.17. The molecule has 0 bridgehead atoms. The highest BCUT2D eigenvalue weighted by Crippen LogP contribution is 2.25. The number of urea groups is 1. The van der Waals surface area contributed by atoms with Gasteiger partial charge in [-0.1, -0.05) is 6.07 Å². The van der Waals surface area contributed by atoms with E-state index in [2.05, 4.69) is 41.1 Å². The molecule has 0 fully saturated rings. The van der Waals surface area contributed by atoms with Crippen LogP contribution in [-0.2, 0) is 6.42 Å². The quantitative estimate of drug-likeness (QED) is 0.315. The maximum Gasteiger partial charge on any atom is 0.325 e. The first kappa shape index (κ1) is 18.5. The number of aromatic amines is 1. The van der Waals surface area contributed by atoms with E-state index in [1.165, 1.54) is 11.3 Å². The molecular weight excluding hydrogens is 420 g/mol. The summed E-state index contributed by atoms with van der Waals surface area (Å²) in [5.74, 6) is 0.839. The van der Waals surface area contributed by atoms with E-state index in [4.69, 9.17) is 0 Å². The molecule has 0 spiro atoms. The second kappa shape index (κ2) is 8.05. The second-order valence-corrected chi connectivity index (χ2v) is 8.41. The number of hydrogen-bond donors (Lipinski definition) is 4. The highest BCUT2D eigenvalue weighted by atomic mass is 32.1. The van der Waals surface area contributed by atoms with Crippen LogP contribution in [0, 0.1) is 0 Å². The zero-order valence-electron chi connectivity index (χ0n) is 15.5. The predicted molar refractivity (Wildman–Crippen MR) is 120 cm³/mol. The number of anilines is 3. The summed E-state index contributed by atoms with van der Waals surface area (Å²) in [7, 11) is 0. The molecule has 2 amide bonds. The summed E-state index contributed by atoms with van der Waals surface area (Å²) >= 11 is 3.06. The van der Waals surface area contributed by atoms with Crippen LogP contribution in [0.2, 0.25) is 0 Å². The van der Waals surface area contributed by atoms with Gasteiger partial charge in [-0.2, -0.15) is 5.10 Å². The molecule has 9 nitrogen and oxygen atoms in total. The van der Waals surface area contributed by atoms with Crippen molar-refractivity contribution in [3.8, 4) is 0 Å². The predicted octanol–water partition coefficient (Wildman–Crippen LogP) is 4.32. The average molecular weight is 437 g/mol. The molecule has 4 aromatic heterocycles. The Kier molecular flexibility index (Phi) is 4.95. The summed E-state index contributed by atoms with van der Waals surface area (Å²) in [6, 6.07) is 7.22. The number of thiophene rings is 1. The van der Waals surface area contributed by atoms with Gasteiger partial charge in [-0.15, -0.1) is 22.7 Å². The Morgan fingerprint density at radius 1 is 1.10 bits per heavy atom. The molecular formula is C19H16N8OS2. The van der Waals surface area contributed by atoms with Gasteiger partial charge in [-0.05, 0) is 23.6 Å². The Labute approximate surface area is 178 Å². The Morgan fingerprint density at radius 3 is 3.03 bits per heavy atom. The number of aromatic nitrogens is 5. The van der Waals surface area contributed by atoms with E-state index in [0.717, 1.165) is 38.2 Å². The number of nitrogens with one attached hydrogen (secondary N) is 4. The van der Waals surface area contributed by atoms with Gasteiger partial charge in [-0.3, -0.25) is 10.4 Å². The van der Waals surface area contributed by atoms with Crippen LogP contribution < -0.4 is 16.0 Å². The lowest BCUT2D eigenvalue weighted by Crippen LogP contribution is -2.19. The number of hydrogen-bond acceptors (Lipinski definition) is 8. The van der Waals surface area contributed by atoms with Crippen LogP contribution in [0.5, 0.6) is 0 Å². The molecule has 0 aliphatic carbocycles. The lowest BCUT2D eigenvalue weighted by atomic mass is 10.2. The Balaban J connectivity index is 1.17. The van der Waals surface area contributed by atoms with Gasteiger partial charge in [0.1, 0.15) is 12.1 Å². The van der Waals surface area contributed by atoms with Crippen LogP contribution >= 0.6 is 22.7 Å². The number of H-pyrrole nitrogens is 1. The SMILES string of the molecule is O=C(Nc1ncc(CCNc2ncnc3ccsc23)s1)Nc1cccc2[nH]ncc12. The van der Waals surface area contributed by atoms with E-state index < -0.39 is 0 Å². The van der Waals surface area contributed by atoms with Crippen molar-refractivity contribution in [1.29, 1.82) is 0 Å². The monoisotopic (exact) mass is 436 g/mol. The Bertz CT molecular complexity index is 1320. The lowest BCUT2D eigenvalue weighted by molar-refractivity contribution is 0.262. The summed E-state index contributed by atoms with van der Waals surface area (Å²) in [5.41, 5.74) is 2.49. The van der Waals surface area contributed by atoms with Gasteiger partial charge in [0, 0.05) is 29.4 Å². The molecule has 0 saturated heterocycles. The first-order valence-electron chi connectivity index (χ1n) is 9.13. The molecule has 0 aliphatic rings. The summed E-state index contributed by atoms with van der Waals surface area (Å²) in [6.45, 7) is 0.709. The first-order chi connectivity index (χ1) is 14.8. The molecule has 4 N–H and O–H groups in total. The van der Waals surface area contributed by atoms with Gasteiger partial charge < -0.3 is 10.6 Å². The van der Waals surface area contributed by atoms with Gasteiger partial charge in [-0.25, -0.2) is 19.7 Å². The number of fused-ring (bicyclic) bond motifs is 2. The zero-order valence-corrected chi connectivity index (χ0v) is 17.2. The minimum Gasteiger partial charge on any atom is -0.368 e. The van der Waals surface area contributed by atoms with Crippen LogP contribution in [0.4, 0.5) is 21.4 Å². The van der Waals surface area contributed by atoms with E-state index in [9.17, 15) is 4.79 Å². The van der Waals surface area contributed by atoms with Crippen LogP contribution in [0.3, 0.4) is 0 Å². The number of nitrogens with zero attached hydrogens (tertiary/aromatic N) is 4. The molecule has 1 aromatic carbocycles. The summed E-state index contributed by atoms with van der Waals surface area (Å²) in [4.78, 5) is 26.3. The standard InChI is InChI=1S/C19H16N8OS2/c28-18(25-13-2-1-3-14-12(13)9-24-27-14)26-19-21-8-11(30-19)4-6-20-17-16-15(5-7-29-16)22-10-23-17/h1-3,5,7-10H,4,6H2,(H,24,27)(H,20,22,23)(H2,21,25,26,28). The first-order valence-corrected chi connectivity index (χ1v) is 10.8. The van der Waals surface area contributed by atoms with E-state index in [1.807, 2.05) is 29.6 Å². The molecule has 0 radical (unpaired) electrons. The largest absolute Gasteiger partial charge is 0.368 e. The van der Waals surface area contributed by atoms with Crippen molar-refractivity contribution in [2.45, 2.75) is 6.42 Å². The van der Waals surface area contributed by atoms with Crippen molar-refractivity contribution in [2.24, 2.45) is 0 Å².